The predicted molar refractivity (Wildman–Crippen MR) is 48.0 cm³/mol. The number of nitrogens with two attached hydrogens (primary N) is 1. The van der Waals surface area contributed by atoms with Crippen molar-refractivity contribution in [2.75, 3.05) is 26.3 Å². The van der Waals surface area contributed by atoms with Crippen LogP contribution in [-0.4, -0.2) is 43.3 Å². The van der Waals surface area contributed by atoms with Gasteiger partial charge in [-0.1, -0.05) is 0 Å². The summed E-state index contributed by atoms with van der Waals surface area (Å²) in [4.78, 5) is 2.49. The van der Waals surface area contributed by atoms with Gasteiger partial charge in [-0.2, -0.15) is 0 Å². The molecule has 0 aliphatic carbocycles. The maximum atomic E-state index is 6.04. The van der Waals surface area contributed by atoms with Gasteiger partial charge in [0.2, 0.25) is 0 Å². The van der Waals surface area contributed by atoms with Crippen molar-refractivity contribution in [3.8, 4) is 0 Å². The molecule has 12 heavy (non-hydrogen) atoms. The molecule has 2 saturated heterocycles. The van der Waals surface area contributed by atoms with Crippen LogP contribution in [0.2, 0.25) is 0 Å². The summed E-state index contributed by atoms with van der Waals surface area (Å²) in [5.74, 6) is 0. The van der Waals surface area contributed by atoms with Crippen molar-refractivity contribution in [2.45, 2.75) is 31.3 Å². The van der Waals surface area contributed by atoms with Crippen LogP contribution in [0.3, 0.4) is 0 Å². The van der Waals surface area contributed by atoms with Crippen LogP contribution in [0.1, 0.15) is 19.3 Å². The quantitative estimate of drug-likeness (QED) is 0.611. The number of hydrogen-bond acceptors (Lipinski definition) is 3. The molecule has 0 aromatic carbocycles. The van der Waals surface area contributed by atoms with Crippen LogP contribution in [0.5, 0.6) is 0 Å². The van der Waals surface area contributed by atoms with Crippen LogP contribution in [0.15, 0.2) is 0 Å². The second kappa shape index (κ2) is 3.73. The number of hydrogen-bond donors (Lipinski definition) is 1. The molecule has 2 heterocycles. The normalized spacial score (nSPS) is 38.8. The third kappa shape index (κ3) is 1.63. The molecule has 0 saturated carbocycles. The summed E-state index contributed by atoms with van der Waals surface area (Å²) >= 11 is 0. The van der Waals surface area contributed by atoms with E-state index in [9.17, 15) is 0 Å². The second-order valence-electron chi connectivity index (χ2n) is 3.84. The van der Waals surface area contributed by atoms with E-state index >= 15 is 0 Å². The molecule has 0 spiro atoms. The van der Waals surface area contributed by atoms with E-state index in [1.165, 1.54) is 25.9 Å². The third-order valence-electron chi connectivity index (χ3n) is 2.99. The number of ether oxygens (including phenoxy) is 1. The van der Waals surface area contributed by atoms with Gasteiger partial charge in [0.05, 0.1) is 6.61 Å². The number of nitrogens with zero attached hydrogens (tertiary/aromatic N) is 1. The van der Waals surface area contributed by atoms with Gasteiger partial charge in [0.1, 0.15) is 0 Å². The summed E-state index contributed by atoms with van der Waals surface area (Å²) in [6.07, 6.45) is 3.70. The van der Waals surface area contributed by atoms with Crippen molar-refractivity contribution >= 4 is 0 Å². The van der Waals surface area contributed by atoms with Crippen molar-refractivity contribution in [1.82, 2.24) is 4.90 Å². The average Bonchev–Trinajstić information content (AvgIpc) is 2.57. The first-order valence-electron chi connectivity index (χ1n) is 4.95. The van der Waals surface area contributed by atoms with Crippen LogP contribution >= 0.6 is 0 Å². The lowest BCUT2D eigenvalue weighted by Crippen LogP contribution is -2.52. The Labute approximate surface area is 73.9 Å². The van der Waals surface area contributed by atoms with Crippen LogP contribution in [-0.2, 0) is 4.74 Å². The predicted octanol–water partition coefficient (Wildman–Crippen LogP) is 0.198. The first kappa shape index (κ1) is 8.48. The van der Waals surface area contributed by atoms with E-state index in [0.29, 0.717) is 12.1 Å². The molecule has 0 unspecified atom stereocenters. The van der Waals surface area contributed by atoms with Gasteiger partial charge in [0.25, 0.3) is 0 Å². The highest BCUT2D eigenvalue weighted by molar-refractivity contribution is 4.86. The summed E-state index contributed by atoms with van der Waals surface area (Å²) < 4.78 is 5.44. The fraction of sp³-hybridized carbons (Fsp3) is 1.00. The van der Waals surface area contributed by atoms with E-state index in [1.807, 2.05) is 0 Å². The zero-order valence-corrected chi connectivity index (χ0v) is 7.54. The van der Waals surface area contributed by atoms with Crippen molar-refractivity contribution < 1.29 is 4.74 Å². The fourth-order valence-corrected chi connectivity index (χ4v) is 2.19. The highest BCUT2D eigenvalue weighted by atomic mass is 16.5. The Hall–Kier alpha value is -0.120. The smallest absolute Gasteiger partial charge is 0.0636 e. The van der Waals surface area contributed by atoms with Gasteiger partial charge < -0.3 is 10.5 Å². The number of likely N-dealkylation sites (tertiary alicyclic amines) is 1. The van der Waals surface area contributed by atoms with Crippen LogP contribution in [0, 0.1) is 0 Å². The number of rotatable bonds is 1. The Morgan fingerprint density at radius 1 is 1.25 bits per heavy atom. The van der Waals surface area contributed by atoms with Gasteiger partial charge in [-0.05, 0) is 32.4 Å². The minimum absolute atomic E-state index is 0.344. The van der Waals surface area contributed by atoms with Gasteiger partial charge in [-0.25, -0.2) is 0 Å². The largest absolute Gasteiger partial charge is 0.380 e. The molecule has 0 aromatic rings. The molecule has 0 aromatic heterocycles. The molecule has 0 amide bonds. The van der Waals surface area contributed by atoms with Crippen LogP contribution in [0.25, 0.3) is 0 Å². The minimum Gasteiger partial charge on any atom is -0.380 e. The summed E-state index contributed by atoms with van der Waals surface area (Å²) in [5, 5.41) is 0. The van der Waals surface area contributed by atoms with Crippen molar-refractivity contribution in [1.29, 1.82) is 0 Å². The van der Waals surface area contributed by atoms with E-state index in [0.717, 1.165) is 19.6 Å². The van der Waals surface area contributed by atoms with Gasteiger partial charge in [0.15, 0.2) is 0 Å². The van der Waals surface area contributed by atoms with E-state index in [2.05, 4.69) is 4.90 Å². The summed E-state index contributed by atoms with van der Waals surface area (Å²) in [7, 11) is 0. The Morgan fingerprint density at radius 2 is 2.00 bits per heavy atom. The van der Waals surface area contributed by atoms with Gasteiger partial charge >= 0.3 is 0 Å². The highest BCUT2D eigenvalue weighted by Crippen LogP contribution is 2.17. The van der Waals surface area contributed by atoms with Crippen molar-refractivity contribution in [3.05, 3.63) is 0 Å². The molecule has 0 radical (unpaired) electrons. The zero-order valence-electron chi connectivity index (χ0n) is 7.54. The summed E-state index contributed by atoms with van der Waals surface area (Å²) in [6, 6.07) is 0.845. The molecule has 70 valence electrons. The maximum absolute atomic E-state index is 6.04. The third-order valence-corrected chi connectivity index (χ3v) is 2.99. The van der Waals surface area contributed by atoms with E-state index < -0.39 is 0 Å². The molecule has 3 heteroatoms. The lowest BCUT2D eigenvalue weighted by Gasteiger charge is -2.35. The maximum Gasteiger partial charge on any atom is 0.0636 e. The first-order chi connectivity index (χ1) is 5.88. The molecule has 2 atom stereocenters. The zero-order chi connectivity index (χ0) is 8.39. The average molecular weight is 170 g/mol. The second-order valence-corrected chi connectivity index (χ2v) is 3.84. The van der Waals surface area contributed by atoms with Crippen molar-refractivity contribution in [3.63, 3.8) is 0 Å². The molecule has 2 aliphatic heterocycles. The minimum atomic E-state index is 0.344. The monoisotopic (exact) mass is 170 g/mol. The molecule has 3 nitrogen and oxygen atoms in total. The van der Waals surface area contributed by atoms with Crippen LogP contribution < -0.4 is 5.73 Å². The van der Waals surface area contributed by atoms with Gasteiger partial charge in [0, 0.05) is 18.7 Å². The van der Waals surface area contributed by atoms with Crippen molar-refractivity contribution in [2.24, 2.45) is 5.73 Å². The Bertz CT molecular complexity index is 145. The summed E-state index contributed by atoms with van der Waals surface area (Å²) in [6.45, 7) is 4.15. The molecule has 2 N–H and O–H groups in total. The lowest BCUT2D eigenvalue weighted by molar-refractivity contribution is 0.0145. The van der Waals surface area contributed by atoms with E-state index in [1.54, 1.807) is 0 Å². The van der Waals surface area contributed by atoms with Gasteiger partial charge in [-0.3, -0.25) is 4.90 Å². The fourth-order valence-electron chi connectivity index (χ4n) is 2.19. The molecular weight excluding hydrogens is 152 g/mol. The standard InChI is InChI=1S/C9H18N2O/c10-8-3-6-12-7-9(8)11-4-1-2-5-11/h8-9H,1-7,10H2/t8-,9-/m0/s1. The molecule has 0 bridgehead atoms. The van der Waals surface area contributed by atoms with E-state index in [4.69, 9.17) is 10.5 Å². The van der Waals surface area contributed by atoms with E-state index in [-0.39, 0.29) is 0 Å². The van der Waals surface area contributed by atoms with Crippen LogP contribution in [0.4, 0.5) is 0 Å². The topological polar surface area (TPSA) is 38.5 Å². The molecule has 2 rings (SSSR count). The Balaban J connectivity index is 1.91. The highest BCUT2D eigenvalue weighted by Gasteiger charge is 2.29. The lowest BCUT2D eigenvalue weighted by atomic mass is 10.0. The Morgan fingerprint density at radius 3 is 2.67 bits per heavy atom. The summed E-state index contributed by atoms with van der Waals surface area (Å²) in [5.41, 5.74) is 6.04. The first-order valence-corrected chi connectivity index (χ1v) is 4.95. The molecular formula is C9H18N2O. The SMILES string of the molecule is N[C@H]1CCOC[C@@H]1N1CCCC1. The molecule has 2 fully saturated rings. The van der Waals surface area contributed by atoms with Gasteiger partial charge in [-0.15, -0.1) is 0 Å². The Kier molecular flexibility index (Phi) is 2.63. The molecule has 2 aliphatic rings.